The minimum atomic E-state index is -0.649. The molecule has 1 atom stereocenters. The van der Waals surface area contributed by atoms with E-state index in [0.29, 0.717) is 22.1 Å². The van der Waals surface area contributed by atoms with Crippen LogP contribution in [0.5, 0.6) is 5.75 Å². The molecule has 0 aromatic heterocycles. The number of benzene rings is 2. The second-order valence-corrected chi connectivity index (χ2v) is 5.18. The minimum absolute atomic E-state index is 0.285. The Morgan fingerprint density at radius 2 is 2.00 bits per heavy atom. The normalized spacial score (nSPS) is 11.8. The first-order chi connectivity index (χ1) is 9.97. The summed E-state index contributed by atoms with van der Waals surface area (Å²) in [4.78, 5) is 12.2. The van der Waals surface area contributed by atoms with Crippen molar-refractivity contribution < 1.29 is 9.53 Å². The molecule has 4 nitrogen and oxygen atoms in total. The van der Waals surface area contributed by atoms with Gasteiger partial charge in [-0.15, -0.1) is 0 Å². The van der Waals surface area contributed by atoms with Crippen molar-refractivity contribution in [3.05, 3.63) is 53.1 Å². The van der Waals surface area contributed by atoms with Gasteiger partial charge in [0.2, 0.25) is 0 Å². The average molecular weight is 305 g/mol. The smallest absolute Gasteiger partial charge is 0.265 e. The summed E-state index contributed by atoms with van der Waals surface area (Å²) in [6.07, 6.45) is -0.649. The number of anilines is 2. The van der Waals surface area contributed by atoms with Gasteiger partial charge in [0.15, 0.2) is 6.10 Å². The molecule has 2 aromatic rings. The summed E-state index contributed by atoms with van der Waals surface area (Å²) in [5.41, 5.74) is 7.71. The molecule has 2 aromatic carbocycles. The van der Waals surface area contributed by atoms with Crippen molar-refractivity contribution in [2.75, 3.05) is 11.1 Å². The third kappa shape index (κ3) is 3.89. The van der Waals surface area contributed by atoms with Crippen LogP contribution in [0.4, 0.5) is 11.4 Å². The lowest BCUT2D eigenvalue weighted by atomic mass is 10.2. The first-order valence-electron chi connectivity index (χ1n) is 6.55. The number of nitrogens with two attached hydrogens (primary N) is 1. The summed E-state index contributed by atoms with van der Waals surface area (Å²) in [6, 6.07) is 12.4. The van der Waals surface area contributed by atoms with E-state index < -0.39 is 6.10 Å². The highest BCUT2D eigenvalue weighted by atomic mass is 35.5. The number of nitrogen functional groups attached to an aromatic ring is 1. The highest BCUT2D eigenvalue weighted by Crippen LogP contribution is 2.24. The number of ether oxygens (including phenoxy) is 1. The van der Waals surface area contributed by atoms with Crippen LogP contribution in [0.15, 0.2) is 42.5 Å². The summed E-state index contributed by atoms with van der Waals surface area (Å²) < 4.78 is 5.66. The van der Waals surface area contributed by atoms with Crippen LogP contribution in [-0.2, 0) is 4.79 Å². The zero-order chi connectivity index (χ0) is 15.4. The van der Waals surface area contributed by atoms with E-state index in [1.807, 2.05) is 31.2 Å². The maximum atomic E-state index is 12.2. The predicted octanol–water partition coefficient (Wildman–Crippen LogP) is 3.64. The molecule has 0 aliphatic carbocycles. The summed E-state index contributed by atoms with van der Waals surface area (Å²) in [6.45, 7) is 3.61. The lowest BCUT2D eigenvalue weighted by Gasteiger charge is -2.17. The highest BCUT2D eigenvalue weighted by molar-refractivity contribution is 6.31. The molecule has 0 aliphatic rings. The van der Waals surface area contributed by atoms with Gasteiger partial charge in [-0.2, -0.15) is 0 Å². The van der Waals surface area contributed by atoms with Gasteiger partial charge >= 0.3 is 0 Å². The van der Waals surface area contributed by atoms with Crippen molar-refractivity contribution in [1.29, 1.82) is 0 Å². The molecule has 1 amide bonds. The third-order valence-corrected chi connectivity index (χ3v) is 3.27. The van der Waals surface area contributed by atoms with Crippen LogP contribution >= 0.6 is 11.6 Å². The van der Waals surface area contributed by atoms with E-state index in [9.17, 15) is 4.79 Å². The molecule has 0 saturated heterocycles. The highest BCUT2D eigenvalue weighted by Gasteiger charge is 2.16. The zero-order valence-electron chi connectivity index (χ0n) is 11.9. The van der Waals surface area contributed by atoms with Gasteiger partial charge < -0.3 is 15.8 Å². The van der Waals surface area contributed by atoms with Gasteiger partial charge in [0, 0.05) is 5.02 Å². The lowest BCUT2D eigenvalue weighted by Crippen LogP contribution is -2.30. The second-order valence-electron chi connectivity index (χ2n) is 4.75. The molecule has 0 spiro atoms. The fourth-order valence-electron chi connectivity index (χ4n) is 1.80. The Kier molecular flexibility index (Phi) is 4.70. The number of carbonyl (C=O) groups is 1. The van der Waals surface area contributed by atoms with E-state index in [4.69, 9.17) is 22.1 Å². The standard InChI is InChI=1S/C16H17ClN2O2/c1-10-5-3-4-6-15(10)21-11(2)16(20)19-14-9-12(17)7-8-13(14)18/h3-9,11H,18H2,1-2H3,(H,19,20). The average Bonchev–Trinajstić information content (AvgIpc) is 2.45. The van der Waals surface area contributed by atoms with Crippen molar-refractivity contribution in [3.63, 3.8) is 0 Å². The van der Waals surface area contributed by atoms with E-state index in [1.165, 1.54) is 0 Å². The van der Waals surface area contributed by atoms with Crippen LogP contribution in [0.3, 0.4) is 0 Å². The fraction of sp³-hybridized carbons (Fsp3) is 0.188. The molecule has 0 fully saturated rings. The van der Waals surface area contributed by atoms with Crippen molar-refractivity contribution >= 4 is 28.9 Å². The van der Waals surface area contributed by atoms with Crippen LogP contribution in [0.25, 0.3) is 0 Å². The lowest BCUT2D eigenvalue weighted by molar-refractivity contribution is -0.122. The van der Waals surface area contributed by atoms with Gasteiger partial charge in [0.25, 0.3) is 5.91 Å². The number of halogens is 1. The number of rotatable bonds is 4. The Labute approximate surface area is 128 Å². The molecular formula is C16H17ClN2O2. The Morgan fingerprint density at radius 1 is 1.29 bits per heavy atom. The molecule has 1 unspecified atom stereocenters. The van der Waals surface area contributed by atoms with E-state index in [1.54, 1.807) is 25.1 Å². The SMILES string of the molecule is Cc1ccccc1OC(C)C(=O)Nc1cc(Cl)ccc1N. The number of aryl methyl sites for hydroxylation is 1. The summed E-state index contributed by atoms with van der Waals surface area (Å²) in [5.74, 6) is 0.395. The van der Waals surface area contributed by atoms with E-state index >= 15 is 0 Å². The summed E-state index contributed by atoms with van der Waals surface area (Å²) >= 11 is 5.89. The van der Waals surface area contributed by atoms with Crippen molar-refractivity contribution in [1.82, 2.24) is 0 Å². The van der Waals surface area contributed by atoms with Gasteiger partial charge in [0.05, 0.1) is 11.4 Å². The molecule has 5 heteroatoms. The van der Waals surface area contributed by atoms with Gasteiger partial charge in [0.1, 0.15) is 5.75 Å². The van der Waals surface area contributed by atoms with Crippen molar-refractivity contribution in [2.24, 2.45) is 0 Å². The predicted molar refractivity (Wildman–Crippen MR) is 85.8 cm³/mol. The van der Waals surface area contributed by atoms with Crippen LogP contribution in [0.1, 0.15) is 12.5 Å². The van der Waals surface area contributed by atoms with Gasteiger partial charge in [-0.1, -0.05) is 29.8 Å². The maximum absolute atomic E-state index is 12.2. The number of carbonyl (C=O) groups excluding carboxylic acids is 1. The fourth-order valence-corrected chi connectivity index (χ4v) is 1.98. The molecule has 0 bridgehead atoms. The third-order valence-electron chi connectivity index (χ3n) is 3.04. The van der Waals surface area contributed by atoms with E-state index in [0.717, 1.165) is 5.56 Å². The molecule has 110 valence electrons. The molecule has 0 radical (unpaired) electrons. The van der Waals surface area contributed by atoms with Gasteiger partial charge in [-0.05, 0) is 43.7 Å². The molecule has 0 heterocycles. The molecule has 2 rings (SSSR count). The zero-order valence-corrected chi connectivity index (χ0v) is 12.6. The Hall–Kier alpha value is -2.20. The first-order valence-corrected chi connectivity index (χ1v) is 6.93. The number of amides is 1. The molecule has 0 saturated carbocycles. The van der Waals surface area contributed by atoms with E-state index in [-0.39, 0.29) is 5.91 Å². The Bertz CT molecular complexity index is 658. The largest absolute Gasteiger partial charge is 0.481 e. The minimum Gasteiger partial charge on any atom is -0.481 e. The van der Waals surface area contributed by atoms with Crippen LogP contribution in [0, 0.1) is 6.92 Å². The monoisotopic (exact) mass is 304 g/mol. The quantitative estimate of drug-likeness (QED) is 0.848. The Morgan fingerprint density at radius 3 is 2.71 bits per heavy atom. The molecule has 0 aliphatic heterocycles. The molecule has 3 N–H and O–H groups in total. The van der Waals surface area contributed by atoms with Crippen molar-refractivity contribution in [3.8, 4) is 5.75 Å². The van der Waals surface area contributed by atoms with Crippen LogP contribution < -0.4 is 15.8 Å². The van der Waals surface area contributed by atoms with Crippen molar-refractivity contribution in [2.45, 2.75) is 20.0 Å². The number of para-hydroxylation sites is 1. The Balaban J connectivity index is 2.06. The van der Waals surface area contributed by atoms with Crippen LogP contribution in [0.2, 0.25) is 5.02 Å². The summed E-state index contributed by atoms with van der Waals surface area (Å²) in [5, 5.41) is 3.22. The first kappa shape index (κ1) is 15.2. The topological polar surface area (TPSA) is 64.3 Å². The second kappa shape index (κ2) is 6.50. The molecule has 21 heavy (non-hydrogen) atoms. The summed E-state index contributed by atoms with van der Waals surface area (Å²) in [7, 11) is 0. The number of hydrogen-bond acceptors (Lipinski definition) is 3. The number of nitrogens with one attached hydrogen (secondary N) is 1. The van der Waals surface area contributed by atoms with Gasteiger partial charge in [-0.25, -0.2) is 0 Å². The maximum Gasteiger partial charge on any atom is 0.265 e. The van der Waals surface area contributed by atoms with Gasteiger partial charge in [-0.3, -0.25) is 4.79 Å². The van der Waals surface area contributed by atoms with E-state index in [2.05, 4.69) is 5.32 Å². The van der Waals surface area contributed by atoms with Crippen LogP contribution in [-0.4, -0.2) is 12.0 Å². The molecular weight excluding hydrogens is 288 g/mol. The number of hydrogen-bond donors (Lipinski definition) is 2.